The number of hydrogen-bond donors (Lipinski definition) is 0. The Balaban J connectivity index is 1.55. The van der Waals surface area contributed by atoms with Gasteiger partial charge < -0.3 is 9.47 Å². The van der Waals surface area contributed by atoms with Crippen molar-refractivity contribution in [3.8, 4) is 5.75 Å². The summed E-state index contributed by atoms with van der Waals surface area (Å²) in [7, 11) is 0. The van der Waals surface area contributed by atoms with Crippen molar-refractivity contribution in [1.82, 2.24) is 4.98 Å². The molecule has 0 saturated carbocycles. The quantitative estimate of drug-likeness (QED) is 0.432. The van der Waals surface area contributed by atoms with Crippen LogP contribution in [0.2, 0.25) is 0 Å². The number of thiazole rings is 1. The van der Waals surface area contributed by atoms with Gasteiger partial charge in [0.15, 0.2) is 17.5 Å². The van der Waals surface area contributed by atoms with Crippen LogP contribution in [-0.4, -0.2) is 41.7 Å². The Kier molecular flexibility index (Phi) is 5.68. The molecule has 3 aromatic rings. The lowest BCUT2D eigenvalue weighted by atomic mass is 10.2. The molecule has 29 heavy (non-hydrogen) atoms. The van der Waals surface area contributed by atoms with Crippen LogP contribution in [-0.2, 0) is 9.53 Å². The Hall–Kier alpha value is -3.04. The molecule has 1 aliphatic rings. The van der Waals surface area contributed by atoms with Crippen molar-refractivity contribution in [2.45, 2.75) is 18.9 Å². The van der Waals surface area contributed by atoms with Gasteiger partial charge >= 0.3 is 5.69 Å². The van der Waals surface area contributed by atoms with E-state index in [0.29, 0.717) is 18.3 Å². The van der Waals surface area contributed by atoms with Gasteiger partial charge in [0.25, 0.3) is 5.91 Å². The molecule has 2 heterocycles. The summed E-state index contributed by atoms with van der Waals surface area (Å²) >= 11 is 1.42. The average Bonchev–Trinajstić information content (AvgIpc) is 3.39. The molecule has 1 aliphatic heterocycles. The molecular formula is C20H19N3O5S. The van der Waals surface area contributed by atoms with E-state index < -0.39 is 4.92 Å². The molecule has 2 aromatic carbocycles. The van der Waals surface area contributed by atoms with E-state index in [4.69, 9.17) is 9.47 Å². The molecular weight excluding hydrogens is 394 g/mol. The van der Waals surface area contributed by atoms with Gasteiger partial charge in [0.05, 0.1) is 27.8 Å². The third kappa shape index (κ3) is 4.36. The Morgan fingerprint density at radius 1 is 1.28 bits per heavy atom. The fourth-order valence-corrected chi connectivity index (χ4v) is 4.19. The summed E-state index contributed by atoms with van der Waals surface area (Å²) < 4.78 is 12.2. The number of carbonyl (C=O) groups is 1. The van der Waals surface area contributed by atoms with Crippen LogP contribution in [0, 0.1) is 10.1 Å². The summed E-state index contributed by atoms with van der Waals surface area (Å²) in [5.74, 6) is -0.259. The molecule has 4 rings (SSSR count). The molecule has 1 atom stereocenters. The minimum absolute atomic E-state index is 0.0583. The van der Waals surface area contributed by atoms with Crippen LogP contribution in [0.25, 0.3) is 10.2 Å². The number of anilines is 1. The monoisotopic (exact) mass is 413 g/mol. The highest BCUT2D eigenvalue weighted by molar-refractivity contribution is 7.22. The molecule has 8 nitrogen and oxygen atoms in total. The molecule has 1 unspecified atom stereocenters. The lowest BCUT2D eigenvalue weighted by Crippen LogP contribution is -2.40. The van der Waals surface area contributed by atoms with Gasteiger partial charge in [-0.15, -0.1) is 0 Å². The van der Waals surface area contributed by atoms with Crippen LogP contribution < -0.4 is 9.64 Å². The van der Waals surface area contributed by atoms with Gasteiger partial charge in [-0.2, -0.15) is 0 Å². The van der Waals surface area contributed by atoms with E-state index in [-0.39, 0.29) is 30.1 Å². The fraction of sp³-hybridized carbons (Fsp3) is 0.300. The number of nitro groups is 1. The first-order valence-corrected chi connectivity index (χ1v) is 10.1. The lowest BCUT2D eigenvalue weighted by Gasteiger charge is -2.23. The predicted octanol–water partition coefficient (Wildman–Crippen LogP) is 3.80. The number of amides is 1. The second-order valence-electron chi connectivity index (χ2n) is 6.62. The van der Waals surface area contributed by atoms with E-state index in [1.165, 1.54) is 23.5 Å². The highest BCUT2D eigenvalue weighted by atomic mass is 32.1. The zero-order chi connectivity index (χ0) is 20.2. The third-order valence-corrected chi connectivity index (χ3v) is 5.70. The number of aromatic nitrogens is 1. The minimum atomic E-state index is -0.530. The first-order valence-electron chi connectivity index (χ1n) is 9.25. The maximum absolute atomic E-state index is 13.0. The van der Waals surface area contributed by atoms with Gasteiger partial charge in [-0.3, -0.25) is 19.8 Å². The number of para-hydroxylation sites is 3. The second-order valence-corrected chi connectivity index (χ2v) is 7.63. The maximum atomic E-state index is 13.0. The van der Waals surface area contributed by atoms with E-state index >= 15 is 0 Å². The predicted molar refractivity (Wildman–Crippen MR) is 110 cm³/mol. The molecule has 150 valence electrons. The van der Waals surface area contributed by atoms with E-state index in [2.05, 4.69) is 4.98 Å². The van der Waals surface area contributed by atoms with Crippen LogP contribution in [0.3, 0.4) is 0 Å². The summed E-state index contributed by atoms with van der Waals surface area (Å²) in [4.78, 5) is 29.8. The fourth-order valence-electron chi connectivity index (χ4n) is 3.20. The first-order chi connectivity index (χ1) is 14.1. The molecule has 0 spiro atoms. The summed E-state index contributed by atoms with van der Waals surface area (Å²) in [5, 5.41) is 11.7. The van der Waals surface area contributed by atoms with E-state index in [1.807, 2.05) is 24.3 Å². The molecule has 0 bridgehead atoms. The Labute approximate surface area is 170 Å². The number of hydrogen-bond acceptors (Lipinski definition) is 7. The van der Waals surface area contributed by atoms with Gasteiger partial charge in [-0.25, -0.2) is 4.98 Å². The summed E-state index contributed by atoms with van der Waals surface area (Å²) in [6.07, 6.45) is 1.77. The van der Waals surface area contributed by atoms with Gasteiger partial charge in [-0.05, 0) is 31.0 Å². The molecule has 0 N–H and O–H groups in total. The van der Waals surface area contributed by atoms with Crippen LogP contribution >= 0.6 is 11.3 Å². The number of rotatable bonds is 7. The normalized spacial score (nSPS) is 16.1. The SMILES string of the molecule is O=C(COc1ccccc1[N+](=O)[O-])N(CC1CCCO1)c1nc2ccccc2s1. The molecule has 1 fully saturated rings. The van der Waals surface area contributed by atoms with Crippen molar-refractivity contribution in [1.29, 1.82) is 0 Å². The number of fused-ring (bicyclic) bond motifs is 1. The zero-order valence-corrected chi connectivity index (χ0v) is 16.3. The first kappa shape index (κ1) is 19.3. The van der Waals surface area contributed by atoms with E-state index in [1.54, 1.807) is 17.0 Å². The van der Waals surface area contributed by atoms with Crippen LogP contribution in [0.15, 0.2) is 48.5 Å². The smallest absolute Gasteiger partial charge is 0.310 e. The highest BCUT2D eigenvalue weighted by Crippen LogP contribution is 2.30. The largest absolute Gasteiger partial charge is 0.477 e. The molecule has 9 heteroatoms. The molecule has 0 radical (unpaired) electrons. The Morgan fingerprint density at radius 2 is 2.07 bits per heavy atom. The van der Waals surface area contributed by atoms with Gasteiger partial charge in [0.2, 0.25) is 0 Å². The maximum Gasteiger partial charge on any atom is 0.310 e. The topological polar surface area (TPSA) is 94.8 Å². The molecule has 1 saturated heterocycles. The minimum Gasteiger partial charge on any atom is -0.477 e. The zero-order valence-electron chi connectivity index (χ0n) is 15.5. The van der Waals surface area contributed by atoms with Gasteiger partial charge in [-0.1, -0.05) is 35.6 Å². The van der Waals surface area contributed by atoms with Gasteiger partial charge in [0.1, 0.15) is 0 Å². The van der Waals surface area contributed by atoms with Crippen molar-refractivity contribution in [3.63, 3.8) is 0 Å². The van der Waals surface area contributed by atoms with Crippen LogP contribution in [0.5, 0.6) is 5.75 Å². The number of ether oxygens (including phenoxy) is 2. The summed E-state index contributed by atoms with van der Waals surface area (Å²) in [5.41, 5.74) is 0.642. The second kappa shape index (κ2) is 8.54. The number of nitro benzene ring substituents is 1. The van der Waals surface area contributed by atoms with E-state index in [0.717, 1.165) is 23.1 Å². The van der Waals surface area contributed by atoms with Crippen molar-refractivity contribution in [3.05, 3.63) is 58.6 Å². The number of carbonyl (C=O) groups excluding carboxylic acids is 1. The van der Waals surface area contributed by atoms with Crippen LogP contribution in [0.4, 0.5) is 10.8 Å². The van der Waals surface area contributed by atoms with E-state index in [9.17, 15) is 14.9 Å². The number of nitrogens with zero attached hydrogens (tertiary/aromatic N) is 3. The number of benzene rings is 2. The molecule has 1 amide bonds. The van der Waals surface area contributed by atoms with Crippen molar-refractivity contribution >= 4 is 38.3 Å². The molecule has 0 aliphatic carbocycles. The van der Waals surface area contributed by atoms with Crippen molar-refractivity contribution in [2.75, 3.05) is 24.7 Å². The summed E-state index contributed by atoms with van der Waals surface area (Å²) in [6.45, 7) is 0.728. The summed E-state index contributed by atoms with van der Waals surface area (Å²) in [6, 6.07) is 13.7. The molecule has 1 aromatic heterocycles. The Morgan fingerprint density at radius 3 is 2.83 bits per heavy atom. The van der Waals surface area contributed by atoms with Gasteiger partial charge in [0, 0.05) is 12.7 Å². The van der Waals surface area contributed by atoms with Crippen LogP contribution in [0.1, 0.15) is 12.8 Å². The standard InChI is InChI=1S/C20H19N3O5S/c24-19(13-28-17-9-3-2-8-16(17)23(25)26)22(12-14-6-5-11-27-14)20-21-15-7-1-4-10-18(15)29-20/h1-4,7-10,14H,5-6,11-13H2. The lowest BCUT2D eigenvalue weighted by molar-refractivity contribution is -0.385. The van der Waals surface area contributed by atoms with Crippen molar-refractivity contribution in [2.24, 2.45) is 0 Å². The average molecular weight is 413 g/mol. The third-order valence-electron chi connectivity index (χ3n) is 4.64. The van der Waals surface area contributed by atoms with Crippen molar-refractivity contribution < 1.29 is 19.2 Å². The highest BCUT2D eigenvalue weighted by Gasteiger charge is 2.27. The Bertz CT molecular complexity index is 999.